The molecule has 0 saturated heterocycles. The highest BCUT2D eigenvalue weighted by atomic mass is 14.8. The molecule has 0 aliphatic carbocycles. The van der Waals surface area contributed by atoms with Crippen LogP contribution in [0.5, 0.6) is 0 Å². The van der Waals surface area contributed by atoms with E-state index in [9.17, 15) is 0 Å². The van der Waals surface area contributed by atoms with Gasteiger partial charge in [0.1, 0.15) is 0 Å². The molecular weight excluding hydrogens is 965 g/mol. The number of rotatable bonds is 10. The summed E-state index contributed by atoms with van der Waals surface area (Å²) in [5.74, 6) is 0. The van der Waals surface area contributed by atoms with Gasteiger partial charge in [-0.1, -0.05) is 285 Å². The molecular formula is C78H50N2. The summed E-state index contributed by atoms with van der Waals surface area (Å²) in [6.45, 7) is 0. The minimum atomic E-state index is 0.902. The van der Waals surface area contributed by atoms with Gasteiger partial charge in [-0.3, -0.25) is 0 Å². The molecule has 0 spiro atoms. The van der Waals surface area contributed by atoms with Gasteiger partial charge < -0.3 is 0 Å². The summed E-state index contributed by atoms with van der Waals surface area (Å²) in [6.07, 6.45) is 0. The maximum atomic E-state index is 6.03. The molecule has 0 radical (unpaired) electrons. The van der Waals surface area contributed by atoms with Crippen LogP contribution >= 0.6 is 0 Å². The molecule has 0 amide bonds. The highest BCUT2D eigenvalue weighted by molar-refractivity contribution is 6.20. The van der Waals surface area contributed by atoms with Crippen molar-refractivity contribution in [3.8, 4) is 122 Å². The molecule has 0 N–H and O–H groups in total. The summed E-state index contributed by atoms with van der Waals surface area (Å²) in [4.78, 5) is 11.6. The Morgan fingerprint density at radius 3 is 0.875 bits per heavy atom. The van der Waals surface area contributed by atoms with Crippen LogP contribution in [-0.2, 0) is 0 Å². The Kier molecular flexibility index (Phi) is 11.6. The highest BCUT2D eigenvalue weighted by Crippen LogP contribution is 2.62. The summed E-state index contributed by atoms with van der Waals surface area (Å²) < 4.78 is 0. The molecule has 0 fully saturated rings. The zero-order chi connectivity index (χ0) is 52.9. The standard InChI is InChI=1S/C78H50N2/c1-5-27-51(28-6-1)55-35-13-17-39-59(55)61-41-19-23-46-66(61)72-71(64-44-21-15-37-57(64)53-31-9-3-10-32-53)73(67-47-24-20-42-62(67)60-40-18-14-36-56(60)52-29-7-2-8-30-52)76-75-70(50-49-68-63-43-25-26-48-69(63)79-77(68)75)80-78(76)74(72)65-45-22-16-38-58(65)54-33-11-4-12-34-54/h1-50H. The lowest BCUT2D eigenvalue weighted by atomic mass is 9.73. The fourth-order valence-electron chi connectivity index (χ4n) is 12.6. The van der Waals surface area contributed by atoms with E-state index in [-0.39, 0.29) is 0 Å². The molecule has 0 aromatic heterocycles. The van der Waals surface area contributed by atoms with Crippen LogP contribution in [0.15, 0.2) is 313 Å². The SMILES string of the molecule is c1ccc(-c2ccccc2-c2ccccc2-c2c(-c3ccccc3-c3ccccc3)c3c(c(-c4ccccc4-c4ccccc4-c4ccccc4)c2-c2ccccc2-c2ccccc2)-c2c4c(ccc2=N3)=c2ccccc2=N4)cc1. The minimum Gasteiger partial charge on any atom is -0.247 e. The molecule has 0 bridgehead atoms. The fourth-order valence-corrected chi connectivity index (χ4v) is 12.6. The van der Waals surface area contributed by atoms with Gasteiger partial charge in [-0.15, -0.1) is 0 Å². The van der Waals surface area contributed by atoms with E-state index in [2.05, 4.69) is 303 Å². The molecule has 2 nitrogen and oxygen atoms in total. The molecule has 0 unspecified atom stereocenters. The Hall–Kier alpha value is -10.5. The molecule has 0 atom stereocenters. The molecule has 2 heteroatoms. The molecule has 0 saturated carbocycles. The van der Waals surface area contributed by atoms with E-state index in [4.69, 9.17) is 9.98 Å². The van der Waals surface area contributed by atoms with Crippen LogP contribution in [0.1, 0.15) is 0 Å². The van der Waals surface area contributed by atoms with E-state index in [0.29, 0.717) is 0 Å². The van der Waals surface area contributed by atoms with Gasteiger partial charge in [0, 0.05) is 38.3 Å². The Morgan fingerprint density at radius 1 is 0.150 bits per heavy atom. The normalized spacial score (nSPS) is 11.7. The van der Waals surface area contributed by atoms with Gasteiger partial charge in [0.2, 0.25) is 0 Å². The molecule has 13 aromatic carbocycles. The third-order valence-corrected chi connectivity index (χ3v) is 16.1. The lowest BCUT2D eigenvalue weighted by Gasteiger charge is -2.29. The van der Waals surface area contributed by atoms with E-state index in [0.717, 1.165) is 155 Å². The van der Waals surface area contributed by atoms with E-state index in [1.54, 1.807) is 0 Å². The number of hydrogen-bond acceptors (Lipinski definition) is 2. The summed E-state index contributed by atoms with van der Waals surface area (Å²) in [5, 5.41) is 4.11. The zero-order valence-corrected chi connectivity index (χ0v) is 43.8. The second-order valence-corrected chi connectivity index (χ2v) is 20.6. The van der Waals surface area contributed by atoms with Crippen molar-refractivity contribution in [2.75, 3.05) is 0 Å². The second kappa shape index (κ2) is 19.8. The lowest BCUT2D eigenvalue weighted by Crippen LogP contribution is -2.04. The Labute approximate surface area is 465 Å². The Bertz CT molecular complexity index is 4800. The first kappa shape index (κ1) is 46.7. The molecule has 372 valence electrons. The number of hydrogen-bond donors (Lipinski definition) is 0. The number of fused-ring (bicyclic) bond motifs is 6. The van der Waals surface area contributed by atoms with E-state index in [1.807, 2.05) is 0 Å². The summed E-state index contributed by atoms with van der Waals surface area (Å²) in [5.41, 5.74) is 26.5. The van der Waals surface area contributed by atoms with Gasteiger partial charge in [-0.05, 0) is 113 Å². The molecule has 15 rings (SSSR count). The summed E-state index contributed by atoms with van der Waals surface area (Å²) in [6, 6.07) is 110. The fraction of sp³-hybridized carbons (Fsp3) is 0. The van der Waals surface area contributed by atoms with Crippen LogP contribution < -0.4 is 10.7 Å². The van der Waals surface area contributed by atoms with Crippen LogP contribution in [0.3, 0.4) is 0 Å². The third-order valence-electron chi connectivity index (χ3n) is 16.1. The minimum absolute atomic E-state index is 0.902. The number of nitrogens with zero attached hydrogens (tertiary/aromatic N) is 2. The van der Waals surface area contributed by atoms with Crippen molar-refractivity contribution in [1.82, 2.24) is 0 Å². The largest absolute Gasteiger partial charge is 0.247 e. The van der Waals surface area contributed by atoms with Crippen LogP contribution in [0.4, 0.5) is 11.4 Å². The molecule has 2 aliphatic rings. The van der Waals surface area contributed by atoms with Gasteiger partial charge in [-0.2, -0.15) is 0 Å². The Morgan fingerprint density at radius 2 is 0.438 bits per heavy atom. The number of benzene rings is 13. The maximum absolute atomic E-state index is 6.03. The van der Waals surface area contributed by atoms with Gasteiger partial charge in [0.25, 0.3) is 0 Å². The summed E-state index contributed by atoms with van der Waals surface area (Å²) >= 11 is 0. The van der Waals surface area contributed by atoms with Crippen molar-refractivity contribution < 1.29 is 0 Å². The van der Waals surface area contributed by atoms with Crippen molar-refractivity contribution in [1.29, 1.82) is 0 Å². The first-order valence-electron chi connectivity index (χ1n) is 27.5. The monoisotopic (exact) mass is 1010 g/mol. The maximum Gasteiger partial charge on any atom is 0.0817 e. The van der Waals surface area contributed by atoms with Crippen LogP contribution in [0, 0.1) is 10.4 Å². The van der Waals surface area contributed by atoms with E-state index >= 15 is 0 Å². The highest BCUT2D eigenvalue weighted by Gasteiger charge is 2.36. The lowest BCUT2D eigenvalue weighted by molar-refractivity contribution is 1.36. The Balaban J connectivity index is 1.20. The third kappa shape index (κ3) is 7.80. The smallest absolute Gasteiger partial charge is 0.0817 e. The molecule has 2 aliphatic heterocycles. The van der Waals surface area contributed by atoms with Crippen LogP contribution in [-0.4, -0.2) is 0 Å². The van der Waals surface area contributed by atoms with Crippen molar-refractivity contribution in [3.63, 3.8) is 0 Å². The average Bonchev–Trinajstić information content (AvgIpc) is 4.31. The van der Waals surface area contributed by atoms with Crippen molar-refractivity contribution in [2.24, 2.45) is 9.98 Å². The first-order chi connectivity index (χ1) is 39.8. The predicted octanol–water partition coefficient (Wildman–Crippen LogP) is 19.8. The zero-order valence-electron chi connectivity index (χ0n) is 43.8. The van der Waals surface area contributed by atoms with Crippen LogP contribution in [0.2, 0.25) is 0 Å². The second-order valence-electron chi connectivity index (χ2n) is 20.6. The van der Waals surface area contributed by atoms with Gasteiger partial charge in [0.15, 0.2) is 0 Å². The molecule has 2 heterocycles. The quantitative estimate of drug-likeness (QED) is 0.130. The first-order valence-corrected chi connectivity index (χ1v) is 27.5. The average molecular weight is 1020 g/mol. The molecule has 13 aromatic rings. The van der Waals surface area contributed by atoms with Crippen LogP contribution in [0.25, 0.3) is 122 Å². The number of para-hydroxylation sites is 1. The van der Waals surface area contributed by atoms with Crippen molar-refractivity contribution >= 4 is 11.4 Å². The van der Waals surface area contributed by atoms with Crippen molar-refractivity contribution in [2.45, 2.75) is 0 Å². The topological polar surface area (TPSA) is 24.7 Å². The van der Waals surface area contributed by atoms with Crippen molar-refractivity contribution in [3.05, 3.63) is 324 Å². The predicted molar refractivity (Wildman–Crippen MR) is 332 cm³/mol. The van der Waals surface area contributed by atoms with Gasteiger partial charge in [-0.25, -0.2) is 9.98 Å². The van der Waals surface area contributed by atoms with E-state index in [1.165, 1.54) is 0 Å². The summed E-state index contributed by atoms with van der Waals surface area (Å²) in [7, 11) is 0. The van der Waals surface area contributed by atoms with E-state index < -0.39 is 0 Å². The van der Waals surface area contributed by atoms with Gasteiger partial charge in [0.05, 0.1) is 22.1 Å². The van der Waals surface area contributed by atoms with Gasteiger partial charge >= 0.3 is 0 Å². The molecule has 80 heavy (non-hydrogen) atoms.